The van der Waals surface area contributed by atoms with Gasteiger partial charge in [-0.25, -0.2) is 0 Å². The van der Waals surface area contributed by atoms with E-state index in [2.05, 4.69) is 48.5 Å². The lowest BCUT2D eigenvalue weighted by Crippen LogP contribution is -2.56. The van der Waals surface area contributed by atoms with Gasteiger partial charge >= 0.3 is 5.97 Å². The van der Waals surface area contributed by atoms with Crippen molar-refractivity contribution in [2.45, 2.75) is 80.8 Å². The normalized spacial score (nSPS) is 15.4. The minimum absolute atomic E-state index is 0.0272. The third-order valence-corrected chi connectivity index (χ3v) is 4.21. The fraction of sp³-hybridized carbons (Fsp3) is 0.938. The highest BCUT2D eigenvalue weighted by Gasteiger charge is 2.52. The molecule has 0 saturated heterocycles. The van der Waals surface area contributed by atoms with Crippen LogP contribution in [0.1, 0.15) is 75.2 Å². The molecule has 0 fully saturated rings. The highest BCUT2D eigenvalue weighted by molar-refractivity contribution is 5.72. The minimum Gasteiger partial charge on any atom is -0.458 e. The second kappa shape index (κ2) is 5.63. The Morgan fingerprint density at radius 1 is 1.00 bits per heavy atom. The van der Waals surface area contributed by atoms with Crippen molar-refractivity contribution in [3.63, 3.8) is 0 Å². The second-order valence-electron chi connectivity index (χ2n) is 7.41. The number of carbonyl (C=O) groups is 1. The molecule has 0 aromatic rings. The van der Waals surface area contributed by atoms with E-state index in [1.54, 1.807) is 0 Å². The summed E-state index contributed by atoms with van der Waals surface area (Å²) in [5, 5.41) is 0. The van der Waals surface area contributed by atoms with E-state index in [0.29, 0.717) is 0 Å². The lowest BCUT2D eigenvalue weighted by atomic mass is 9.61. The van der Waals surface area contributed by atoms with E-state index < -0.39 is 5.60 Å². The topological polar surface area (TPSA) is 26.3 Å². The van der Waals surface area contributed by atoms with E-state index in [9.17, 15) is 4.79 Å². The Kier molecular flexibility index (Phi) is 5.46. The van der Waals surface area contributed by atoms with Crippen LogP contribution >= 0.6 is 0 Å². The van der Waals surface area contributed by atoms with Crippen LogP contribution < -0.4 is 0 Å². The monoisotopic (exact) mass is 256 g/mol. The Hall–Kier alpha value is -0.530. The van der Waals surface area contributed by atoms with Gasteiger partial charge in [0, 0.05) is 10.8 Å². The van der Waals surface area contributed by atoms with Gasteiger partial charge in [0.1, 0.15) is 5.60 Å². The van der Waals surface area contributed by atoms with Gasteiger partial charge in [0.05, 0.1) is 5.92 Å². The molecule has 1 atom stereocenters. The van der Waals surface area contributed by atoms with Crippen LogP contribution in [-0.4, -0.2) is 11.6 Å². The zero-order chi connectivity index (χ0) is 14.8. The van der Waals surface area contributed by atoms with E-state index in [4.69, 9.17) is 4.74 Å². The third kappa shape index (κ3) is 3.27. The first-order chi connectivity index (χ1) is 7.93. The summed E-state index contributed by atoms with van der Waals surface area (Å²) in [5.41, 5.74) is -0.591. The van der Waals surface area contributed by atoms with Crippen LogP contribution in [0, 0.1) is 16.7 Å². The molecule has 0 radical (unpaired) electrons. The molecule has 0 N–H and O–H groups in total. The molecule has 108 valence electrons. The maximum Gasteiger partial charge on any atom is 0.309 e. The Morgan fingerprint density at radius 2 is 1.39 bits per heavy atom. The van der Waals surface area contributed by atoms with Crippen molar-refractivity contribution in [2.75, 3.05) is 0 Å². The average molecular weight is 256 g/mol. The number of carbonyl (C=O) groups excluding carboxylic acids is 1. The molecule has 0 bridgehead atoms. The Balaban J connectivity index is 5.44. The number of ether oxygens (including phenoxy) is 1. The molecule has 0 aliphatic rings. The van der Waals surface area contributed by atoms with E-state index in [0.717, 1.165) is 12.8 Å². The molecular weight excluding hydrogens is 224 g/mol. The molecular formula is C16H32O2. The summed E-state index contributed by atoms with van der Waals surface area (Å²) < 4.78 is 6.03. The first-order valence-corrected chi connectivity index (χ1v) is 7.15. The quantitative estimate of drug-likeness (QED) is 0.674. The van der Waals surface area contributed by atoms with Gasteiger partial charge < -0.3 is 4.74 Å². The lowest BCUT2D eigenvalue weighted by Gasteiger charge is -2.52. The molecule has 0 heterocycles. The highest BCUT2D eigenvalue weighted by Crippen LogP contribution is 2.49. The van der Waals surface area contributed by atoms with E-state index in [1.165, 1.54) is 0 Å². The molecule has 0 rings (SSSR count). The van der Waals surface area contributed by atoms with Crippen LogP contribution in [0.5, 0.6) is 0 Å². The van der Waals surface area contributed by atoms with Crippen LogP contribution in [0.4, 0.5) is 0 Å². The van der Waals surface area contributed by atoms with E-state index in [1.807, 2.05) is 13.8 Å². The van der Waals surface area contributed by atoms with Crippen molar-refractivity contribution in [1.82, 2.24) is 0 Å². The van der Waals surface area contributed by atoms with Crippen molar-refractivity contribution >= 4 is 5.97 Å². The molecule has 2 nitrogen and oxygen atoms in total. The van der Waals surface area contributed by atoms with Crippen molar-refractivity contribution in [3.8, 4) is 0 Å². The summed E-state index contributed by atoms with van der Waals surface area (Å²) in [5.74, 6) is -0.0928. The summed E-state index contributed by atoms with van der Waals surface area (Å²) in [6.07, 6.45) is 1.66. The van der Waals surface area contributed by atoms with Crippen molar-refractivity contribution in [3.05, 3.63) is 0 Å². The predicted octanol–water partition coefficient (Wildman–Crippen LogP) is 4.82. The smallest absolute Gasteiger partial charge is 0.309 e. The standard InChI is InChI=1S/C16H32O2/c1-10-12(3)13(17)18-16(11-2,14(4,5)6)15(7,8)9/h12H,10-11H2,1-9H3. The van der Waals surface area contributed by atoms with Gasteiger partial charge in [-0.1, -0.05) is 62.3 Å². The minimum atomic E-state index is -0.430. The summed E-state index contributed by atoms with van der Waals surface area (Å²) in [4.78, 5) is 12.2. The fourth-order valence-corrected chi connectivity index (χ4v) is 3.00. The van der Waals surface area contributed by atoms with Gasteiger partial charge in [0.2, 0.25) is 0 Å². The summed E-state index contributed by atoms with van der Waals surface area (Å²) in [7, 11) is 0. The Morgan fingerprint density at radius 3 is 1.61 bits per heavy atom. The third-order valence-electron chi connectivity index (χ3n) is 4.21. The van der Waals surface area contributed by atoms with Gasteiger partial charge in [-0.15, -0.1) is 0 Å². The molecule has 0 aliphatic carbocycles. The van der Waals surface area contributed by atoms with Gasteiger partial charge in [-0.05, 0) is 12.8 Å². The summed E-state index contributed by atoms with van der Waals surface area (Å²) in [6, 6.07) is 0. The van der Waals surface area contributed by atoms with Crippen molar-refractivity contribution < 1.29 is 9.53 Å². The molecule has 0 aromatic carbocycles. The molecule has 0 saturated carbocycles. The van der Waals surface area contributed by atoms with Crippen LogP contribution in [0.3, 0.4) is 0 Å². The first kappa shape index (κ1) is 17.5. The SMILES string of the molecule is CCC(C)C(=O)OC(CC)(C(C)(C)C)C(C)(C)C. The number of rotatable bonds is 4. The highest BCUT2D eigenvalue weighted by atomic mass is 16.6. The van der Waals surface area contributed by atoms with Gasteiger partial charge in [0.15, 0.2) is 0 Å². The Bertz CT molecular complexity index is 264. The van der Waals surface area contributed by atoms with E-state index in [-0.39, 0.29) is 22.7 Å². The average Bonchev–Trinajstić information content (AvgIpc) is 2.20. The maximum atomic E-state index is 12.2. The zero-order valence-electron chi connectivity index (χ0n) is 13.8. The van der Waals surface area contributed by atoms with Gasteiger partial charge in [0.25, 0.3) is 0 Å². The van der Waals surface area contributed by atoms with E-state index >= 15 is 0 Å². The number of hydrogen-bond acceptors (Lipinski definition) is 2. The maximum absolute atomic E-state index is 12.2. The molecule has 18 heavy (non-hydrogen) atoms. The number of esters is 1. The summed E-state index contributed by atoms with van der Waals surface area (Å²) >= 11 is 0. The molecule has 0 aliphatic heterocycles. The molecule has 2 heteroatoms. The van der Waals surface area contributed by atoms with Crippen molar-refractivity contribution in [1.29, 1.82) is 0 Å². The van der Waals surface area contributed by atoms with Crippen LogP contribution in [0.15, 0.2) is 0 Å². The first-order valence-electron chi connectivity index (χ1n) is 7.15. The molecule has 0 aromatic heterocycles. The fourth-order valence-electron chi connectivity index (χ4n) is 3.00. The predicted molar refractivity (Wildman–Crippen MR) is 77.5 cm³/mol. The zero-order valence-corrected chi connectivity index (χ0v) is 13.8. The van der Waals surface area contributed by atoms with Crippen LogP contribution in [-0.2, 0) is 9.53 Å². The molecule has 0 spiro atoms. The van der Waals surface area contributed by atoms with Crippen molar-refractivity contribution in [2.24, 2.45) is 16.7 Å². The Labute approximate surface area is 113 Å². The lowest BCUT2D eigenvalue weighted by molar-refractivity contribution is -0.202. The van der Waals surface area contributed by atoms with Gasteiger partial charge in [-0.3, -0.25) is 4.79 Å². The van der Waals surface area contributed by atoms with Crippen LogP contribution in [0.2, 0.25) is 0 Å². The number of hydrogen-bond donors (Lipinski definition) is 0. The van der Waals surface area contributed by atoms with Crippen LogP contribution in [0.25, 0.3) is 0 Å². The molecule has 0 amide bonds. The van der Waals surface area contributed by atoms with Gasteiger partial charge in [-0.2, -0.15) is 0 Å². The largest absolute Gasteiger partial charge is 0.458 e. The second-order valence-corrected chi connectivity index (χ2v) is 7.41. The summed E-state index contributed by atoms with van der Waals surface area (Å²) in [6.45, 7) is 19.0. The molecule has 1 unspecified atom stereocenters.